The maximum Gasteiger partial charge on any atom is 0.0905 e. The maximum atomic E-state index is 7.51. The standard InChI is InChI=1S/C12H16.C8H8.C4H6.C3H3N/c1-2-3-4-6-9-12-10-7-5-8-11-12;1-2-8-6-4-3-5-7-8;1-3-4-2;1-2-3-4/h5-11H,2-4H2,1H3;2-7H,1H2;3-4H,1-2H2;2H,1H2. The molecule has 0 aliphatic rings. The van der Waals surface area contributed by atoms with Crippen molar-refractivity contribution >= 4 is 12.2 Å². The van der Waals surface area contributed by atoms with Gasteiger partial charge in [0.05, 0.1) is 6.07 Å². The second kappa shape index (κ2) is 23.6. The molecule has 0 fully saturated rings. The molecule has 0 saturated heterocycles. The Morgan fingerprint density at radius 2 is 1.29 bits per heavy atom. The molecule has 0 aliphatic carbocycles. The second-order valence-corrected chi connectivity index (χ2v) is 5.37. The first-order chi connectivity index (χ1) is 13.7. The maximum absolute atomic E-state index is 7.51. The average molecular weight is 372 g/mol. The number of hydrogen-bond acceptors (Lipinski definition) is 1. The number of unbranched alkanes of at least 4 members (excludes halogenated alkanes) is 2. The van der Waals surface area contributed by atoms with Crippen LogP contribution in [0.2, 0.25) is 0 Å². The van der Waals surface area contributed by atoms with Crippen molar-refractivity contribution in [3.8, 4) is 6.07 Å². The van der Waals surface area contributed by atoms with Gasteiger partial charge in [-0.05, 0) is 17.5 Å². The van der Waals surface area contributed by atoms with Crippen molar-refractivity contribution in [3.63, 3.8) is 0 Å². The molecule has 0 saturated carbocycles. The van der Waals surface area contributed by atoms with Crippen LogP contribution in [0.25, 0.3) is 12.2 Å². The van der Waals surface area contributed by atoms with Gasteiger partial charge in [0.15, 0.2) is 0 Å². The minimum atomic E-state index is 1.17. The molecular formula is C27H33N. The van der Waals surface area contributed by atoms with Gasteiger partial charge in [0.25, 0.3) is 0 Å². The van der Waals surface area contributed by atoms with Crippen molar-refractivity contribution in [1.29, 1.82) is 5.26 Å². The lowest BCUT2D eigenvalue weighted by atomic mass is 10.2. The Bertz CT molecular complexity index is 682. The highest BCUT2D eigenvalue weighted by Crippen LogP contribution is 2.03. The van der Waals surface area contributed by atoms with Gasteiger partial charge in [-0.25, -0.2) is 0 Å². The zero-order valence-corrected chi connectivity index (χ0v) is 17.1. The van der Waals surface area contributed by atoms with Crippen molar-refractivity contribution in [1.82, 2.24) is 0 Å². The highest BCUT2D eigenvalue weighted by Gasteiger charge is 1.82. The van der Waals surface area contributed by atoms with Gasteiger partial charge in [0.1, 0.15) is 0 Å². The van der Waals surface area contributed by atoms with Crippen molar-refractivity contribution in [2.75, 3.05) is 0 Å². The number of nitriles is 1. The van der Waals surface area contributed by atoms with Crippen LogP contribution < -0.4 is 0 Å². The van der Waals surface area contributed by atoms with Crippen LogP contribution in [0.5, 0.6) is 0 Å². The molecule has 0 aliphatic heterocycles. The van der Waals surface area contributed by atoms with Crippen molar-refractivity contribution in [2.45, 2.75) is 26.2 Å². The highest BCUT2D eigenvalue weighted by molar-refractivity contribution is 5.48. The van der Waals surface area contributed by atoms with E-state index in [1.54, 1.807) is 18.2 Å². The summed E-state index contributed by atoms with van der Waals surface area (Å²) in [5.41, 5.74) is 2.47. The van der Waals surface area contributed by atoms with Gasteiger partial charge in [0.2, 0.25) is 0 Å². The first-order valence-electron chi connectivity index (χ1n) is 9.33. The smallest absolute Gasteiger partial charge is 0.0905 e. The summed E-state index contributed by atoms with van der Waals surface area (Å²) in [4.78, 5) is 0. The Morgan fingerprint density at radius 1 is 0.821 bits per heavy atom. The van der Waals surface area contributed by atoms with Crippen molar-refractivity contribution in [2.24, 2.45) is 0 Å². The molecule has 0 atom stereocenters. The predicted octanol–water partition coefficient (Wildman–Crippen LogP) is 8.27. The van der Waals surface area contributed by atoms with Gasteiger partial charge in [-0.15, -0.1) is 0 Å². The lowest BCUT2D eigenvalue weighted by Gasteiger charge is -1.91. The number of benzene rings is 2. The molecule has 2 aromatic rings. The van der Waals surface area contributed by atoms with Gasteiger partial charge in [-0.1, -0.05) is 137 Å². The van der Waals surface area contributed by atoms with Crippen molar-refractivity contribution < 1.29 is 0 Å². The molecule has 1 nitrogen and oxygen atoms in total. The summed E-state index contributed by atoms with van der Waals surface area (Å²) in [6.45, 7) is 15.7. The third-order valence-electron chi connectivity index (χ3n) is 3.13. The van der Waals surface area contributed by atoms with Crippen LogP contribution in [0.4, 0.5) is 0 Å². The van der Waals surface area contributed by atoms with Crippen LogP contribution in [0.1, 0.15) is 37.3 Å². The van der Waals surface area contributed by atoms with Crippen LogP contribution in [-0.4, -0.2) is 0 Å². The molecule has 0 aromatic heterocycles. The molecule has 0 bridgehead atoms. The number of hydrogen-bond donors (Lipinski definition) is 0. The SMILES string of the molecule is C=CC#N.C=CC=C.C=Cc1ccccc1.CCCCC=Cc1ccccc1. The van der Waals surface area contributed by atoms with Gasteiger partial charge >= 0.3 is 0 Å². The molecular weight excluding hydrogens is 338 g/mol. The second-order valence-electron chi connectivity index (χ2n) is 5.37. The summed E-state index contributed by atoms with van der Waals surface area (Å²) < 4.78 is 0. The minimum absolute atomic E-state index is 1.17. The largest absolute Gasteiger partial charge is 0.193 e. The molecule has 0 radical (unpaired) electrons. The molecule has 2 aromatic carbocycles. The lowest BCUT2D eigenvalue weighted by molar-refractivity contribution is 0.816. The van der Waals surface area contributed by atoms with Crippen LogP contribution >= 0.6 is 0 Å². The summed E-state index contributed by atoms with van der Waals surface area (Å²) >= 11 is 0. The van der Waals surface area contributed by atoms with E-state index in [4.69, 9.17) is 5.26 Å². The lowest BCUT2D eigenvalue weighted by Crippen LogP contribution is -1.69. The fourth-order valence-corrected chi connectivity index (χ4v) is 1.69. The summed E-state index contributed by atoms with van der Waals surface area (Å²) in [6, 6.07) is 22.2. The van der Waals surface area contributed by atoms with Gasteiger partial charge in [-0.2, -0.15) is 5.26 Å². The zero-order valence-electron chi connectivity index (χ0n) is 17.1. The average Bonchev–Trinajstić information content (AvgIpc) is 2.79. The zero-order chi connectivity index (χ0) is 21.3. The molecule has 0 unspecified atom stereocenters. The number of rotatable bonds is 6. The molecule has 2 rings (SSSR count). The van der Waals surface area contributed by atoms with Crippen LogP contribution in [0.15, 0.2) is 111 Å². The first-order valence-corrected chi connectivity index (χ1v) is 9.33. The van der Waals surface area contributed by atoms with Crippen LogP contribution in [-0.2, 0) is 0 Å². The Balaban J connectivity index is 0. The number of nitrogens with zero attached hydrogens (tertiary/aromatic N) is 1. The third-order valence-corrected chi connectivity index (χ3v) is 3.13. The molecule has 28 heavy (non-hydrogen) atoms. The van der Waals surface area contributed by atoms with Gasteiger partial charge < -0.3 is 0 Å². The monoisotopic (exact) mass is 371 g/mol. The van der Waals surface area contributed by atoms with E-state index in [0.29, 0.717) is 0 Å². The molecule has 0 amide bonds. The van der Waals surface area contributed by atoms with E-state index in [0.717, 1.165) is 0 Å². The first kappa shape index (κ1) is 26.9. The van der Waals surface area contributed by atoms with E-state index in [-0.39, 0.29) is 0 Å². The Kier molecular flexibility index (Phi) is 22.7. The van der Waals surface area contributed by atoms with E-state index in [9.17, 15) is 0 Å². The topological polar surface area (TPSA) is 23.8 Å². The Hall–Kier alpha value is -3.37. The Labute approximate surface area is 172 Å². The summed E-state index contributed by atoms with van der Waals surface area (Å²) in [5.74, 6) is 0. The summed E-state index contributed by atoms with van der Waals surface area (Å²) in [5, 5.41) is 7.51. The molecule has 0 spiro atoms. The Morgan fingerprint density at radius 3 is 1.61 bits per heavy atom. The van der Waals surface area contributed by atoms with E-state index >= 15 is 0 Å². The molecule has 0 heterocycles. The van der Waals surface area contributed by atoms with E-state index < -0.39 is 0 Å². The minimum Gasteiger partial charge on any atom is -0.193 e. The van der Waals surface area contributed by atoms with E-state index in [1.165, 1.54) is 36.5 Å². The summed E-state index contributed by atoms with van der Waals surface area (Å²) in [7, 11) is 0. The molecule has 1 heteroatoms. The van der Waals surface area contributed by atoms with E-state index in [1.807, 2.05) is 42.5 Å². The van der Waals surface area contributed by atoms with Gasteiger partial charge in [-0.3, -0.25) is 0 Å². The quantitative estimate of drug-likeness (QED) is 0.285. The molecule has 0 N–H and O–H groups in total. The third kappa shape index (κ3) is 20.7. The van der Waals surface area contributed by atoms with Gasteiger partial charge in [0, 0.05) is 6.08 Å². The summed E-state index contributed by atoms with van der Waals surface area (Å²) in [6.07, 6.45) is 14.5. The van der Waals surface area contributed by atoms with Crippen molar-refractivity contribution in [3.05, 3.63) is 122 Å². The number of allylic oxidation sites excluding steroid dienone is 4. The van der Waals surface area contributed by atoms with Crippen LogP contribution in [0, 0.1) is 11.3 Å². The highest BCUT2D eigenvalue weighted by atomic mass is 14.2. The predicted molar refractivity (Wildman–Crippen MR) is 128 cm³/mol. The van der Waals surface area contributed by atoms with E-state index in [2.05, 4.69) is 69.7 Å². The normalized spacial score (nSPS) is 8.29. The van der Waals surface area contributed by atoms with Crippen LogP contribution in [0.3, 0.4) is 0 Å². The fraction of sp³-hybridized carbons (Fsp3) is 0.148. The fourth-order valence-electron chi connectivity index (χ4n) is 1.69. The molecule has 146 valence electrons.